The Balaban J connectivity index is 2.86. The topological polar surface area (TPSA) is 82.2 Å². The number of nitrogens with one attached hydrogen (secondary N) is 2. The van der Waals surface area contributed by atoms with Crippen molar-refractivity contribution in [3.05, 3.63) is 33.2 Å². The molecule has 1 amide bonds. The molecule has 0 aliphatic rings. The van der Waals surface area contributed by atoms with Crippen LogP contribution < -0.4 is 10.9 Å². The predicted octanol–water partition coefficient (Wildman–Crippen LogP) is 0.492. The number of aliphatic hydroxyl groups is 1. The second-order valence-electron chi connectivity index (χ2n) is 4.11. The fourth-order valence-electron chi connectivity index (χ4n) is 1.58. The molecule has 0 saturated heterocycles. The van der Waals surface area contributed by atoms with Crippen LogP contribution in [0.15, 0.2) is 10.9 Å². The van der Waals surface area contributed by atoms with Crippen LogP contribution in [-0.4, -0.2) is 28.6 Å². The summed E-state index contributed by atoms with van der Waals surface area (Å²) >= 11 is 0. The van der Waals surface area contributed by atoms with Crippen LogP contribution in [0, 0.1) is 13.8 Å². The van der Waals surface area contributed by atoms with E-state index in [1.165, 1.54) is 0 Å². The highest BCUT2D eigenvalue weighted by molar-refractivity contribution is 5.95. The number of aromatic amines is 1. The van der Waals surface area contributed by atoms with E-state index >= 15 is 0 Å². The van der Waals surface area contributed by atoms with Crippen molar-refractivity contribution >= 4 is 5.91 Å². The first kappa shape index (κ1) is 13.4. The van der Waals surface area contributed by atoms with Crippen LogP contribution in [-0.2, 0) is 0 Å². The second kappa shape index (κ2) is 5.63. The summed E-state index contributed by atoms with van der Waals surface area (Å²) in [6.07, 6.45) is -0.0208. The summed E-state index contributed by atoms with van der Waals surface area (Å²) in [7, 11) is 0. The molecule has 5 nitrogen and oxygen atoms in total. The van der Waals surface area contributed by atoms with Crippen molar-refractivity contribution in [3.63, 3.8) is 0 Å². The standard InChI is InChI=1S/C12H18N2O3/c1-4-9(15)6-13-11(16)10-7(2)5-8(3)14-12(10)17/h5,9,15H,4,6H2,1-3H3,(H,13,16)(H,14,17). The lowest BCUT2D eigenvalue weighted by atomic mass is 10.1. The molecule has 1 aromatic heterocycles. The molecule has 0 aliphatic heterocycles. The van der Waals surface area contributed by atoms with Gasteiger partial charge in [-0.1, -0.05) is 6.92 Å². The number of hydrogen-bond acceptors (Lipinski definition) is 3. The van der Waals surface area contributed by atoms with Crippen molar-refractivity contribution in [1.29, 1.82) is 0 Å². The van der Waals surface area contributed by atoms with Crippen LogP contribution in [0.3, 0.4) is 0 Å². The third-order valence-corrected chi connectivity index (χ3v) is 2.56. The number of aryl methyl sites for hydroxylation is 2. The largest absolute Gasteiger partial charge is 0.391 e. The summed E-state index contributed by atoms with van der Waals surface area (Å²) < 4.78 is 0. The third kappa shape index (κ3) is 3.42. The van der Waals surface area contributed by atoms with Crippen LogP contribution in [0.4, 0.5) is 0 Å². The van der Waals surface area contributed by atoms with Gasteiger partial charge in [-0.25, -0.2) is 0 Å². The van der Waals surface area contributed by atoms with Crippen LogP contribution in [0.5, 0.6) is 0 Å². The van der Waals surface area contributed by atoms with Gasteiger partial charge >= 0.3 is 0 Å². The molecule has 1 heterocycles. The lowest BCUT2D eigenvalue weighted by molar-refractivity contribution is 0.0911. The molecule has 5 heteroatoms. The Morgan fingerprint density at radius 3 is 2.71 bits per heavy atom. The molecule has 1 atom stereocenters. The van der Waals surface area contributed by atoms with Crippen LogP contribution in [0.2, 0.25) is 0 Å². The fraction of sp³-hybridized carbons (Fsp3) is 0.500. The molecule has 1 rings (SSSR count). The van der Waals surface area contributed by atoms with E-state index in [1.54, 1.807) is 19.9 Å². The lowest BCUT2D eigenvalue weighted by Gasteiger charge is -2.10. The molecule has 3 N–H and O–H groups in total. The summed E-state index contributed by atoms with van der Waals surface area (Å²) in [4.78, 5) is 26.0. The Kier molecular flexibility index (Phi) is 4.45. The summed E-state index contributed by atoms with van der Waals surface area (Å²) in [6, 6.07) is 1.74. The Morgan fingerprint density at radius 1 is 1.53 bits per heavy atom. The van der Waals surface area contributed by atoms with Crippen molar-refractivity contribution in [2.45, 2.75) is 33.3 Å². The van der Waals surface area contributed by atoms with E-state index in [4.69, 9.17) is 0 Å². The maximum Gasteiger partial charge on any atom is 0.261 e. The Bertz CT molecular complexity index is 465. The molecule has 94 valence electrons. The minimum absolute atomic E-state index is 0.110. The van der Waals surface area contributed by atoms with E-state index in [0.717, 1.165) is 5.69 Å². The second-order valence-corrected chi connectivity index (χ2v) is 4.11. The summed E-state index contributed by atoms with van der Waals surface area (Å²) in [5.41, 5.74) is 1.07. The molecule has 0 fully saturated rings. The molecule has 1 aromatic rings. The molecule has 0 radical (unpaired) electrons. The number of aromatic nitrogens is 1. The van der Waals surface area contributed by atoms with Gasteiger partial charge in [0.05, 0.1) is 6.10 Å². The van der Waals surface area contributed by atoms with Gasteiger partial charge in [-0.3, -0.25) is 9.59 Å². The molecule has 1 unspecified atom stereocenters. The van der Waals surface area contributed by atoms with E-state index in [-0.39, 0.29) is 12.1 Å². The SMILES string of the molecule is CCC(O)CNC(=O)c1c(C)cc(C)[nH]c1=O. The lowest BCUT2D eigenvalue weighted by Crippen LogP contribution is -2.35. The van der Waals surface area contributed by atoms with Gasteiger partial charge in [0.2, 0.25) is 0 Å². The monoisotopic (exact) mass is 238 g/mol. The highest BCUT2D eigenvalue weighted by Gasteiger charge is 2.14. The number of carbonyl (C=O) groups excluding carboxylic acids is 1. The van der Waals surface area contributed by atoms with Crippen molar-refractivity contribution in [2.24, 2.45) is 0 Å². The number of pyridine rings is 1. The van der Waals surface area contributed by atoms with Gasteiger partial charge in [-0.05, 0) is 31.9 Å². The van der Waals surface area contributed by atoms with Gasteiger partial charge in [0.25, 0.3) is 11.5 Å². The molecular weight excluding hydrogens is 220 g/mol. The molecule has 0 bridgehead atoms. The third-order valence-electron chi connectivity index (χ3n) is 2.56. The summed E-state index contributed by atoms with van der Waals surface area (Å²) in [6.45, 7) is 5.45. The zero-order valence-electron chi connectivity index (χ0n) is 10.3. The molecular formula is C12H18N2O3. The Morgan fingerprint density at radius 2 is 2.18 bits per heavy atom. The number of rotatable bonds is 4. The van der Waals surface area contributed by atoms with E-state index in [2.05, 4.69) is 10.3 Å². The number of carbonyl (C=O) groups is 1. The quantitative estimate of drug-likeness (QED) is 0.714. The van der Waals surface area contributed by atoms with E-state index in [1.807, 2.05) is 6.92 Å². The number of H-pyrrole nitrogens is 1. The average Bonchev–Trinajstić information content (AvgIpc) is 2.24. The van der Waals surface area contributed by atoms with Crippen molar-refractivity contribution < 1.29 is 9.90 Å². The maximum absolute atomic E-state index is 11.8. The summed E-state index contributed by atoms with van der Waals surface area (Å²) in [5.74, 6) is -0.448. The highest BCUT2D eigenvalue weighted by atomic mass is 16.3. The van der Waals surface area contributed by atoms with Gasteiger partial charge in [0.15, 0.2) is 0 Å². The van der Waals surface area contributed by atoms with E-state index < -0.39 is 17.6 Å². The smallest absolute Gasteiger partial charge is 0.261 e. The predicted molar refractivity (Wildman–Crippen MR) is 65.2 cm³/mol. The van der Waals surface area contributed by atoms with Crippen molar-refractivity contribution in [3.8, 4) is 0 Å². The van der Waals surface area contributed by atoms with Gasteiger partial charge in [-0.2, -0.15) is 0 Å². The first-order chi connectivity index (χ1) is 7.95. The minimum Gasteiger partial charge on any atom is -0.391 e. The first-order valence-electron chi connectivity index (χ1n) is 5.62. The van der Waals surface area contributed by atoms with Crippen LogP contribution in [0.25, 0.3) is 0 Å². The Hall–Kier alpha value is -1.62. The molecule has 17 heavy (non-hydrogen) atoms. The normalized spacial score (nSPS) is 12.2. The van der Waals surface area contributed by atoms with Gasteiger partial charge < -0.3 is 15.4 Å². The number of aliphatic hydroxyl groups excluding tert-OH is 1. The fourth-order valence-corrected chi connectivity index (χ4v) is 1.58. The van der Waals surface area contributed by atoms with Crippen molar-refractivity contribution in [2.75, 3.05) is 6.54 Å². The maximum atomic E-state index is 11.8. The molecule has 0 aliphatic carbocycles. The zero-order chi connectivity index (χ0) is 13.0. The van der Waals surface area contributed by atoms with Gasteiger partial charge in [0.1, 0.15) is 5.56 Å². The zero-order valence-corrected chi connectivity index (χ0v) is 10.3. The molecule has 0 aromatic carbocycles. The van der Waals surface area contributed by atoms with E-state index in [0.29, 0.717) is 12.0 Å². The average molecular weight is 238 g/mol. The highest BCUT2D eigenvalue weighted by Crippen LogP contribution is 2.03. The van der Waals surface area contributed by atoms with Crippen LogP contribution in [0.1, 0.15) is 35.0 Å². The minimum atomic E-state index is -0.580. The Labute approximate surface area is 99.9 Å². The first-order valence-corrected chi connectivity index (χ1v) is 5.62. The van der Waals surface area contributed by atoms with Crippen LogP contribution >= 0.6 is 0 Å². The number of amides is 1. The molecule has 0 spiro atoms. The summed E-state index contributed by atoms with van der Waals surface area (Å²) in [5, 5.41) is 11.9. The van der Waals surface area contributed by atoms with Gasteiger partial charge in [-0.15, -0.1) is 0 Å². The molecule has 0 saturated carbocycles. The van der Waals surface area contributed by atoms with E-state index in [9.17, 15) is 14.7 Å². The van der Waals surface area contributed by atoms with Gasteiger partial charge in [0, 0.05) is 12.2 Å². The number of hydrogen-bond donors (Lipinski definition) is 3. The van der Waals surface area contributed by atoms with Crippen molar-refractivity contribution in [1.82, 2.24) is 10.3 Å².